The third kappa shape index (κ3) is 6.89. The molecule has 0 aliphatic heterocycles. The standard InChI is InChI=1S/C25H21ClF7NO2/c1-2-14-10-18(7-8-20(14)26)36-17-5-3-4-15(11-17)23(34-13-22(35)25(31,32)33)19-12-16(24(28,29)30)6-9-21(19)27/h3-12,22-23,34-35H,2,13H2,1H3/t22-,23?/m1/s1. The normalized spacial score (nSPS) is 13.9. The van der Waals surface area contributed by atoms with Crippen molar-refractivity contribution >= 4 is 11.6 Å². The zero-order valence-electron chi connectivity index (χ0n) is 18.7. The monoisotopic (exact) mass is 535 g/mol. The first-order valence-corrected chi connectivity index (χ1v) is 11.1. The van der Waals surface area contributed by atoms with E-state index in [0.717, 1.165) is 5.56 Å². The molecule has 3 aromatic carbocycles. The van der Waals surface area contributed by atoms with Gasteiger partial charge in [-0.05, 0) is 66.1 Å². The molecule has 0 fully saturated rings. The Morgan fingerprint density at radius 1 is 0.944 bits per heavy atom. The summed E-state index contributed by atoms with van der Waals surface area (Å²) in [5, 5.41) is 12.3. The van der Waals surface area contributed by atoms with Gasteiger partial charge in [-0.25, -0.2) is 4.39 Å². The van der Waals surface area contributed by atoms with Crippen LogP contribution in [0.25, 0.3) is 0 Å². The minimum atomic E-state index is -4.99. The molecule has 0 saturated heterocycles. The fraction of sp³-hybridized carbons (Fsp3) is 0.280. The molecular formula is C25H21ClF7NO2. The zero-order chi connectivity index (χ0) is 26.7. The van der Waals surface area contributed by atoms with Crippen LogP contribution in [0.3, 0.4) is 0 Å². The number of hydrogen-bond acceptors (Lipinski definition) is 3. The third-order valence-electron chi connectivity index (χ3n) is 5.35. The van der Waals surface area contributed by atoms with E-state index in [2.05, 4.69) is 5.32 Å². The number of ether oxygens (including phenoxy) is 1. The van der Waals surface area contributed by atoms with Crippen LogP contribution in [0, 0.1) is 5.82 Å². The summed E-state index contributed by atoms with van der Waals surface area (Å²) in [4.78, 5) is 0. The van der Waals surface area contributed by atoms with E-state index in [-0.39, 0.29) is 11.3 Å². The van der Waals surface area contributed by atoms with E-state index in [9.17, 15) is 35.8 Å². The number of halogens is 8. The third-order valence-corrected chi connectivity index (χ3v) is 5.72. The summed E-state index contributed by atoms with van der Waals surface area (Å²) in [5.41, 5.74) is -0.805. The Labute approximate surface area is 207 Å². The Hall–Kier alpha value is -2.82. The highest BCUT2D eigenvalue weighted by molar-refractivity contribution is 6.31. The molecule has 2 N–H and O–H groups in total. The van der Waals surface area contributed by atoms with Crippen LogP contribution in [-0.4, -0.2) is 23.9 Å². The Bertz CT molecular complexity index is 1200. The summed E-state index contributed by atoms with van der Waals surface area (Å²) in [5.74, 6) is -0.471. The molecule has 11 heteroatoms. The fourth-order valence-corrected chi connectivity index (χ4v) is 3.72. The van der Waals surface area contributed by atoms with Crippen LogP contribution in [0.4, 0.5) is 30.7 Å². The van der Waals surface area contributed by atoms with Crippen LogP contribution in [0.1, 0.15) is 35.2 Å². The molecule has 0 saturated carbocycles. The molecule has 0 bridgehead atoms. The first-order valence-electron chi connectivity index (χ1n) is 10.7. The van der Waals surface area contributed by atoms with Gasteiger partial charge in [-0.1, -0.05) is 30.7 Å². The molecule has 0 amide bonds. The first-order chi connectivity index (χ1) is 16.8. The molecule has 1 unspecified atom stereocenters. The number of nitrogens with one attached hydrogen (secondary N) is 1. The number of alkyl halides is 6. The van der Waals surface area contributed by atoms with Crippen molar-refractivity contribution in [2.24, 2.45) is 0 Å². The zero-order valence-corrected chi connectivity index (χ0v) is 19.5. The molecule has 0 heterocycles. The molecule has 36 heavy (non-hydrogen) atoms. The number of aryl methyl sites for hydroxylation is 1. The quantitative estimate of drug-likeness (QED) is 0.294. The van der Waals surface area contributed by atoms with Gasteiger partial charge in [0, 0.05) is 17.1 Å². The van der Waals surface area contributed by atoms with Crippen molar-refractivity contribution in [3.05, 3.63) is 93.8 Å². The van der Waals surface area contributed by atoms with Gasteiger partial charge in [0.25, 0.3) is 0 Å². The lowest BCUT2D eigenvalue weighted by atomic mass is 9.95. The van der Waals surface area contributed by atoms with Crippen LogP contribution in [0.15, 0.2) is 60.7 Å². The lowest BCUT2D eigenvalue weighted by molar-refractivity contribution is -0.202. The highest BCUT2D eigenvalue weighted by atomic mass is 35.5. The molecule has 3 nitrogen and oxygen atoms in total. The van der Waals surface area contributed by atoms with Crippen molar-refractivity contribution in [2.45, 2.75) is 37.8 Å². The molecule has 0 aliphatic carbocycles. The average molecular weight is 536 g/mol. The van der Waals surface area contributed by atoms with E-state index < -0.39 is 48.0 Å². The van der Waals surface area contributed by atoms with E-state index in [1.807, 2.05) is 6.92 Å². The van der Waals surface area contributed by atoms with Gasteiger partial charge in [0.05, 0.1) is 11.6 Å². The molecule has 0 radical (unpaired) electrons. The maximum atomic E-state index is 14.7. The number of aliphatic hydroxyl groups excluding tert-OH is 1. The predicted octanol–water partition coefficient (Wildman–Crippen LogP) is 7.45. The highest BCUT2D eigenvalue weighted by Crippen LogP contribution is 2.35. The summed E-state index contributed by atoms with van der Waals surface area (Å²) in [6.07, 6.45) is -12.0. The molecule has 0 spiro atoms. The Kier molecular flexibility index (Phi) is 8.53. The summed E-state index contributed by atoms with van der Waals surface area (Å²) in [6.45, 7) is 0.798. The number of rotatable bonds is 8. The molecular weight excluding hydrogens is 515 g/mol. The van der Waals surface area contributed by atoms with Crippen molar-refractivity contribution in [1.29, 1.82) is 0 Å². The van der Waals surface area contributed by atoms with Crippen LogP contribution in [0.5, 0.6) is 11.5 Å². The van der Waals surface area contributed by atoms with Crippen LogP contribution >= 0.6 is 11.6 Å². The smallest absolute Gasteiger partial charge is 0.416 e. The summed E-state index contributed by atoms with van der Waals surface area (Å²) in [6, 6.07) is 10.8. The summed E-state index contributed by atoms with van der Waals surface area (Å²) >= 11 is 6.11. The lowest BCUT2D eigenvalue weighted by Crippen LogP contribution is -2.40. The molecule has 194 valence electrons. The van der Waals surface area contributed by atoms with E-state index in [1.54, 1.807) is 18.2 Å². The van der Waals surface area contributed by atoms with E-state index in [0.29, 0.717) is 35.4 Å². The number of benzene rings is 3. The number of hydrogen-bond donors (Lipinski definition) is 2. The highest BCUT2D eigenvalue weighted by Gasteiger charge is 2.39. The van der Waals surface area contributed by atoms with Crippen LogP contribution < -0.4 is 10.1 Å². The van der Waals surface area contributed by atoms with Gasteiger partial charge in [0.1, 0.15) is 17.3 Å². The number of aliphatic hydroxyl groups is 1. The van der Waals surface area contributed by atoms with Gasteiger partial charge in [-0.2, -0.15) is 26.3 Å². The van der Waals surface area contributed by atoms with Gasteiger partial charge in [-0.3, -0.25) is 0 Å². The second-order valence-electron chi connectivity index (χ2n) is 7.91. The lowest BCUT2D eigenvalue weighted by Gasteiger charge is -2.24. The van der Waals surface area contributed by atoms with Crippen LogP contribution in [-0.2, 0) is 12.6 Å². The predicted molar refractivity (Wildman–Crippen MR) is 121 cm³/mol. The largest absolute Gasteiger partial charge is 0.457 e. The summed E-state index contributed by atoms with van der Waals surface area (Å²) in [7, 11) is 0. The van der Waals surface area contributed by atoms with Gasteiger partial charge >= 0.3 is 12.4 Å². The second-order valence-corrected chi connectivity index (χ2v) is 8.32. The van der Waals surface area contributed by atoms with Crippen molar-refractivity contribution in [3.8, 4) is 11.5 Å². The fourth-order valence-electron chi connectivity index (χ4n) is 3.47. The molecule has 3 rings (SSSR count). The van der Waals surface area contributed by atoms with Crippen molar-refractivity contribution in [2.75, 3.05) is 6.54 Å². The summed E-state index contributed by atoms with van der Waals surface area (Å²) < 4.78 is 98.9. The topological polar surface area (TPSA) is 41.5 Å². The Morgan fingerprint density at radius 2 is 1.64 bits per heavy atom. The maximum Gasteiger partial charge on any atom is 0.416 e. The van der Waals surface area contributed by atoms with E-state index >= 15 is 0 Å². The van der Waals surface area contributed by atoms with Crippen molar-refractivity contribution in [1.82, 2.24) is 5.32 Å². The van der Waals surface area contributed by atoms with E-state index in [1.165, 1.54) is 24.3 Å². The Balaban J connectivity index is 2.01. The molecule has 0 aromatic heterocycles. The SMILES string of the molecule is CCc1cc(Oc2cccc(C(NC[C@@H](O)C(F)(F)F)c3cc(C(F)(F)F)ccc3F)c2)ccc1Cl. The molecule has 2 atom stereocenters. The van der Waals surface area contributed by atoms with Gasteiger partial charge in [-0.15, -0.1) is 0 Å². The minimum Gasteiger partial charge on any atom is -0.457 e. The second kappa shape index (κ2) is 11.1. The van der Waals surface area contributed by atoms with Crippen molar-refractivity contribution in [3.63, 3.8) is 0 Å². The van der Waals surface area contributed by atoms with Crippen LogP contribution in [0.2, 0.25) is 5.02 Å². The Morgan fingerprint density at radius 3 is 2.28 bits per heavy atom. The first kappa shape index (κ1) is 27.8. The molecule has 0 aliphatic rings. The van der Waals surface area contributed by atoms with Crippen molar-refractivity contribution < 1.29 is 40.6 Å². The van der Waals surface area contributed by atoms with Gasteiger partial charge < -0.3 is 15.2 Å². The molecule has 3 aromatic rings. The minimum absolute atomic E-state index is 0.116. The maximum absolute atomic E-state index is 14.7. The average Bonchev–Trinajstić information content (AvgIpc) is 2.80. The van der Waals surface area contributed by atoms with Gasteiger partial charge in [0.2, 0.25) is 0 Å². The van der Waals surface area contributed by atoms with E-state index in [4.69, 9.17) is 16.3 Å². The van der Waals surface area contributed by atoms with Gasteiger partial charge in [0.15, 0.2) is 6.10 Å².